The Balaban J connectivity index is 1.93. The van der Waals surface area contributed by atoms with Gasteiger partial charge in [-0.3, -0.25) is 0 Å². The van der Waals surface area contributed by atoms with Gasteiger partial charge in [-0.15, -0.1) is 0 Å². The van der Waals surface area contributed by atoms with Crippen LogP contribution in [0.15, 0.2) is 82.6 Å². The molecule has 7 nitrogen and oxygen atoms in total. The summed E-state index contributed by atoms with van der Waals surface area (Å²) in [5, 5.41) is 0. The Morgan fingerprint density at radius 3 is 1.80 bits per heavy atom. The Morgan fingerprint density at radius 2 is 1.40 bits per heavy atom. The molecule has 0 spiro atoms. The fraction of sp³-hybridized carbons (Fsp3) is 0.286. The minimum atomic E-state index is -4.19. The van der Waals surface area contributed by atoms with Crippen molar-refractivity contribution in [2.24, 2.45) is 0 Å². The summed E-state index contributed by atoms with van der Waals surface area (Å²) in [6, 6.07) is 15.0. The SMILES string of the molecule is COC1(CCCC(S(=O)(=O)c2ccccc2)S(=O)(=O)c2ccccc2)C=CC(=O)O1. The highest BCUT2D eigenvalue weighted by molar-refractivity contribution is 8.09. The monoisotopic (exact) mass is 450 g/mol. The highest BCUT2D eigenvalue weighted by Crippen LogP contribution is 2.32. The maximum Gasteiger partial charge on any atom is 0.333 e. The zero-order valence-electron chi connectivity index (χ0n) is 16.3. The Morgan fingerprint density at radius 1 is 0.900 bits per heavy atom. The van der Waals surface area contributed by atoms with Crippen LogP contribution in [0, 0.1) is 0 Å². The van der Waals surface area contributed by atoms with Crippen molar-refractivity contribution in [2.45, 2.75) is 39.4 Å². The Labute approximate surface area is 176 Å². The minimum absolute atomic E-state index is 0.0665. The second-order valence-electron chi connectivity index (χ2n) is 6.81. The number of rotatable bonds is 9. The molecule has 1 atom stereocenters. The van der Waals surface area contributed by atoms with Crippen molar-refractivity contribution in [3.8, 4) is 0 Å². The average Bonchev–Trinajstić information content (AvgIpc) is 3.13. The lowest BCUT2D eigenvalue weighted by molar-refractivity contribution is -0.190. The summed E-state index contributed by atoms with van der Waals surface area (Å²) in [7, 11) is -7.03. The molecule has 1 unspecified atom stereocenters. The largest absolute Gasteiger partial charge is 0.426 e. The summed E-state index contributed by atoms with van der Waals surface area (Å²) >= 11 is 0. The van der Waals surface area contributed by atoms with Gasteiger partial charge in [0.25, 0.3) is 0 Å². The van der Waals surface area contributed by atoms with Gasteiger partial charge >= 0.3 is 5.97 Å². The maximum atomic E-state index is 13.3. The Kier molecular flexibility index (Phi) is 6.44. The van der Waals surface area contributed by atoms with Crippen LogP contribution in [0.25, 0.3) is 0 Å². The summed E-state index contributed by atoms with van der Waals surface area (Å²) in [5.74, 6) is -1.88. The van der Waals surface area contributed by atoms with Gasteiger partial charge in [-0.05, 0) is 43.2 Å². The number of hydrogen-bond acceptors (Lipinski definition) is 7. The van der Waals surface area contributed by atoms with Crippen molar-refractivity contribution in [3.05, 3.63) is 72.8 Å². The number of sulfone groups is 2. The molecule has 0 N–H and O–H groups in total. The van der Waals surface area contributed by atoms with Crippen molar-refractivity contribution in [1.29, 1.82) is 0 Å². The van der Waals surface area contributed by atoms with Crippen LogP contribution in [0.3, 0.4) is 0 Å². The smallest absolute Gasteiger partial charge is 0.333 e. The number of cyclic esters (lactones) is 1. The van der Waals surface area contributed by atoms with Gasteiger partial charge in [0.1, 0.15) is 0 Å². The van der Waals surface area contributed by atoms with Gasteiger partial charge in [0, 0.05) is 19.6 Å². The predicted molar refractivity (Wildman–Crippen MR) is 110 cm³/mol. The molecule has 3 rings (SSSR count). The molecule has 0 fully saturated rings. The van der Waals surface area contributed by atoms with E-state index in [1.165, 1.54) is 43.5 Å². The van der Waals surface area contributed by atoms with Gasteiger partial charge < -0.3 is 9.47 Å². The number of methoxy groups -OCH3 is 1. The summed E-state index contributed by atoms with van der Waals surface area (Å²) in [6.45, 7) is 0. The second-order valence-corrected chi connectivity index (χ2v) is 11.4. The quantitative estimate of drug-likeness (QED) is 0.541. The van der Waals surface area contributed by atoms with E-state index in [4.69, 9.17) is 9.47 Å². The molecule has 0 saturated heterocycles. The molecule has 1 aliphatic rings. The van der Waals surface area contributed by atoms with Gasteiger partial charge in [-0.1, -0.05) is 36.4 Å². The maximum absolute atomic E-state index is 13.3. The van der Waals surface area contributed by atoms with E-state index in [2.05, 4.69) is 0 Å². The van der Waals surface area contributed by atoms with Crippen LogP contribution in [-0.4, -0.2) is 40.3 Å². The van der Waals surface area contributed by atoms with Crippen LogP contribution in [0.4, 0.5) is 0 Å². The van der Waals surface area contributed by atoms with Crippen LogP contribution in [0.5, 0.6) is 0 Å². The first-order chi connectivity index (χ1) is 14.2. The molecule has 1 aliphatic heterocycles. The number of esters is 1. The third-order valence-corrected chi connectivity index (χ3v) is 10.1. The van der Waals surface area contributed by atoms with Crippen LogP contribution in [0.1, 0.15) is 19.3 Å². The topological polar surface area (TPSA) is 104 Å². The Bertz CT molecular complexity index is 1050. The predicted octanol–water partition coefficient (Wildman–Crippen LogP) is 2.89. The summed E-state index contributed by atoms with van der Waals surface area (Å²) < 4.78 is 61.8. The molecule has 0 amide bonds. The van der Waals surface area contributed by atoms with Crippen molar-refractivity contribution in [2.75, 3.05) is 7.11 Å². The summed E-state index contributed by atoms with van der Waals surface area (Å²) in [6.07, 6.45) is 2.74. The molecule has 0 radical (unpaired) electrons. The number of hydrogen-bond donors (Lipinski definition) is 0. The normalized spacial score (nSPS) is 19.2. The van der Waals surface area contributed by atoms with E-state index >= 15 is 0 Å². The first kappa shape index (κ1) is 22.2. The lowest BCUT2D eigenvalue weighted by Gasteiger charge is -2.25. The minimum Gasteiger partial charge on any atom is -0.426 e. The van der Waals surface area contributed by atoms with E-state index in [0.717, 1.165) is 0 Å². The van der Waals surface area contributed by atoms with Crippen LogP contribution >= 0.6 is 0 Å². The van der Waals surface area contributed by atoms with Gasteiger partial charge in [-0.25, -0.2) is 21.6 Å². The fourth-order valence-corrected chi connectivity index (χ4v) is 7.93. The molecule has 2 aromatic rings. The zero-order chi connectivity index (χ0) is 21.8. The zero-order valence-corrected chi connectivity index (χ0v) is 17.9. The van der Waals surface area contributed by atoms with E-state index < -0.39 is 36.0 Å². The standard InChI is InChI=1S/C21H22O7S2/c1-27-21(16-14-19(22)28-21)15-8-13-20(29(23,24)17-9-4-2-5-10-17)30(25,26)18-11-6-3-7-12-18/h2-7,9-12,14,16,20H,8,13,15H2,1H3. The van der Waals surface area contributed by atoms with Crippen LogP contribution in [-0.2, 0) is 33.9 Å². The van der Waals surface area contributed by atoms with Gasteiger partial charge in [-0.2, -0.15) is 0 Å². The van der Waals surface area contributed by atoms with E-state index in [1.54, 1.807) is 36.4 Å². The third kappa shape index (κ3) is 4.48. The van der Waals surface area contributed by atoms with Crippen molar-refractivity contribution < 1.29 is 31.1 Å². The van der Waals surface area contributed by atoms with Gasteiger partial charge in [0.05, 0.1) is 9.79 Å². The first-order valence-electron chi connectivity index (χ1n) is 9.26. The molecule has 30 heavy (non-hydrogen) atoms. The Hall–Kier alpha value is -2.49. The van der Waals surface area contributed by atoms with E-state index in [0.29, 0.717) is 0 Å². The van der Waals surface area contributed by atoms with E-state index in [-0.39, 0.29) is 29.1 Å². The number of carbonyl (C=O) groups excluding carboxylic acids is 1. The summed E-state index contributed by atoms with van der Waals surface area (Å²) in [4.78, 5) is 11.3. The highest BCUT2D eigenvalue weighted by atomic mass is 32.3. The molecular weight excluding hydrogens is 428 g/mol. The molecule has 9 heteroatoms. The summed E-state index contributed by atoms with van der Waals surface area (Å²) in [5.41, 5.74) is 0. The second kappa shape index (κ2) is 8.71. The molecule has 0 saturated carbocycles. The molecule has 0 aliphatic carbocycles. The first-order valence-corrected chi connectivity index (χ1v) is 12.4. The lowest BCUT2D eigenvalue weighted by atomic mass is 10.1. The van der Waals surface area contributed by atoms with Crippen molar-refractivity contribution in [1.82, 2.24) is 0 Å². The number of carbonyl (C=O) groups is 1. The van der Waals surface area contributed by atoms with Gasteiger partial charge in [0.2, 0.25) is 5.79 Å². The molecule has 2 aromatic carbocycles. The molecule has 0 aromatic heterocycles. The fourth-order valence-electron chi connectivity index (χ4n) is 3.30. The lowest BCUT2D eigenvalue weighted by Crippen LogP contribution is -2.33. The molecule has 0 bridgehead atoms. The van der Waals surface area contributed by atoms with Crippen LogP contribution < -0.4 is 0 Å². The third-order valence-electron chi connectivity index (χ3n) is 4.89. The molecule has 1 heterocycles. The van der Waals surface area contributed by atoms with E-state index in [9.17, 15) is 21.6 Å². The average molecular weight is 451 g/mol. The number of benzene rings is 2. The van der Waals surface area contributed by atoms with Crippen molar-refractivity contribution in [3.63, 3.8) is 0 Å². The molecular formula is C21H22O7S2. The van der Waals surface area contributed by atoms with Crippen molar-refractivity contribution >= 4 is 25.6 Å². The van der Waals surface area contributed by atoms with Crippen LogP contribution in [0.2, 0.25) is 0 Å². The number of ether oxygens (including phenoxy) is 2. The molecule has 160 valence electrons. The van der Waals surface area contributed by atoms with E-state index in [1.807, 2.05) is 0 Å². The van der Waals surface area contributed by atoms with Gasteiger partial charge in [0.15, 0.2) is 24.3 Å². The highest BCUT2D eigenvalue weighted by Gasteiger charge is 2.41.